The van der Waals surface area contributed by atoms with Crippen molar-refractivity contribution in [3.05, 3.63) is 0 Å². The molecule has 0 aromatic carbocycles. The summed E-state index contributed by atoms with van der Waals surface area (Å²) in [5, 5.41) is 8.74. The van der Waals surface area contributed by atoms with Crippen LogP contribution in [0.2, 0.25) is 0 Å². The second-order valence-electron chi connectivity index (χ2n) is 3.94. The Morgan fingerprint density at radius 1 is 1.33 bits per heavy atom. The third kappa shape index (κ3) is 0.830. The summed E-state index contributed by atoms with van der Waals surface area (Å²) in [6.07, 6.45) is 2.21. The predicted octanol–water partition coefficient (Wildman–Crippen LogP) is 2.34. The summed E-state index contributed by atoms with van der Waals surface area (Å²) in [5.74, 6) is 0. The Morgan fingerprint density at radius 2 is 1.78 bits per heavy atom. The van der Waals surface area contributed by atoms with E-state index in [1.54, 1.807) is 0 Å². The predicted molar refractivity (Wildman–Crippen MR) is 36.7 cm³/mol. The molecule has 1 saturated carbocycles. The van der Waals surface area contributed by atoms with Gasteiger partial charge in [0.15, 0.2) is 0 Å². The van der Waals surface area contributed by atoms with Gasteiger partial charge >= 0.3 is 0 Å². The van der Waals surface area contributed by atoms with Crippen LogP contribution in [-0.2, 0) is 0 Å². The van der Waals surface area contributed by atoms with Crippen LogP contribution in [0.3, 0.4) is 0 Å². The lowest BCUT2D eigenvalue weighted by Crippen LogP contribution is -2.19. The maximum Gasteiger partial charge on any atom is 0.0695 e. The van der Waals surface area contributed by atoms with Crippen LogP contribution in [0.4, 0.5) is 0 Å². The third-order valence-corrected chi connectivity index (χ3v) is 2.40. The highest BCUT2D eigenvalue weighted by Gasteiger charge is 2.52. The van der Waals surface area contributed by atoms with Crippen LogP contribution in [0, 0.1) is 22.2 Å². The smallest absolute Gasteiger partial charge is 0.0695 e. The van der Waals surface area contributed by atoms with Crippen molar-refractivity contribution in [2.75, 3.05) is 0 Å². The second-order valence-corrected chi connectivity index (χ2v) is 3.94. The Hall–Kier alpha value is -0.510. The Balaban J connectivity index is 2.75. The van der Waals surface area contributed by atoms with Gasteiger partial charge in [0.1, 0.15) is 0 Å². The first-order valence-corrected chi connectivity index (χ1v) is 3.43. The van der Waals surface area contributed by atoms with Crippen molar-refractivity contribution in [1.29, 1.82) is 5.26 Å². The molecule has 0 unspecified atom stereocenters. The van der Waals surface area contributed by atoms with E-state index in [9.17, 15) is 0 Å². The van der Waals surface area contributed by atoms with Gasteiger partial charge in [-0.15, -0.1) is 0 Å². The van der Waals surface area contributed by atoms with Crippen LogP contribution in [0.5, 0.6) is 0 Å². The molecule has 1 aliphatic rings. The van der Waals surface area contributed by atoms with Gasteiger partial charge in [-0.1, -0.05) is 20.8 Å². The van der Waals surface area contributed by atoms with Crippen molar-refractivity contribution < 1.29 is 0 Å². The lowest BCUT2D eigenvalue weighted by atomic mass is 9.79. The van der Waals surface area contributed by atoms with Gasteiger partial charge in [0, 0.05) is 0 Å². The zero-order valence-electron chi connectivity index (χ0n) is 6.36. The molecule has 0 radical (unpaired) electrons. The van der Waals surface area contributed by atoms with Crippen LogP contribution in [0.25, 0.3) is 0 Å². The van der Waals surface area contributed by atoms with Crippen molar-refractivity contribution in [3.8, 4) is 6.07 Å². The average Bonchev–Trinajstić information content (AvgIpc) is 2.40. The first-order chi connectivity index (χ1) is 4.02. The molecule has 0 aromatic heterocycles. The minimum Gasteiger partial charge on any atom is -0.198 e. The molecule has 0 bridgehead atoms. The molecule has 50 valence electrons. The molecule has 1 aliphatic carbocycles. The van der Waals surface area contributed by atoms with E-state index in [2.05, 4.69) is 26.8 Å². The quantitative estimate of drug-likeness (QED) is 0.485. The SMILES string of the molecule is CC(C)(C)C1(C#N)CC1. The molecule has 0 aliphatic heterocycles. The third-order valence-electron chi connectivity index (χ3n) is 2.40. The van der Waals surface area contributed by atoms with Crippen LogP contribution < -0.4 is 0 Å². The van der Waals surface area contributed by atoms with Gasteiger partial charge in [-0.05, 0) is 18.3 Å². The van der Waals surface area contributed by atoms with Gasteiger partial charge in [0.2, 0.25) is 0 Å². The van der Waals surface area contributed by atoms with E-state index in [-0.39, 0.29) is 10.8 Å². The molecule has 0 atom stereocenters. The van der Waals surface area contributed by atoms with E-state index >= 15 is 0 Å². The summed E-state index contributed by atoms with van der Waals surface area (Å²) < 4.78 is 0. The van der Waals surface area contributed by atoms with Gasteiger partial charge in [-0.2, -0.15) is 5.26 Å². The molecular formula is C8H13N. The van der Waals surface area contributed by atoms with Crippen molar-refractivity contribution in [3.63, 3.8) is 0 Å². The highest BCUT2D eigenvalue weighted by molar-refractivity contribution is 5.15. The van der Waals surface area contributed by atoms with Gasteiger partial charge in [-0.3, -0.25) is 0 Å². The van der Waals surface area contributed by atoms with Crippen molar-refractivity contribution in [2.24, 2.45) is 10.8 Å². The molecule has 0 N–H and O–H groups in total. The van der Waals surface area contributed by atoms with Crippen molar-refractivity contribution in [2.45, 2.75) is 33.6 Å². The van der Waals surface area contributed by atoms with Gasteiger partial charge in [0.25, 0.3) is 0 Å². The molecule has 1 rings (SSSR count). The van der Waals surface area contributed by atoms with Crippen molar-refractivity contribution >= 4 is 0 Å². The molecule has 0 heterocycles. The fourth-order valence-corrected chi connectivity index (χ4v) is 1.15. The monoisotopic (exact) mass is 123 g/mol. The van der Waals surface area contributed by atoms with E-state index in [0.29, 0.717) is 0 Å². The molecular weight excluding hydrogens is 110 g/mol. The first kappa shape index (κ1) is 6.61. The maximum absolute atomic E-state index is 8.74. The molecule has 0 amide bonds. The van der Waals surface area contributed by atoms with E-state index in [0.717, 1.165) is 12.8 Å². The van der Waals surface area contributed by atoms with Gasteiger partial charge < -0.3 is 0 Å². The van der Waals surface area contributed by atoms with Crippen LogP contribution in [-0.4, -0.2) is 0 Å². The summed E-state index contributed by atoms with van der Waals surface area (Å²) in [5.41, 5.74) is 0.231. The van der Waals surface area contributed by atoms with Crippen molar-refractivity contribution in [1.82, 2.24) is 0 Å². The number of hydrogen-bond acceptors (Lipinski definition) is 1. The summed E-state index contributed by atoms with van der Waals surface area (Å²) in [7, 11) is 0. The maximum atomic E-state index is 8.74. The molecule has 1 fully saturated rings. The van der Waals surface area contributed by atoms with E-state index in [1.165, 1.54) is 0 Å². The largest absolute Gasteiger partial charge is 0.198 e. The molecule has 0 spiro atoms. The minimum absolute atomic E-state index is 0.0347. The summed E-state index contributed by atoms with van der Waals surface area (Å²) >= 11 is 0. The summed E-state index contributed by atoms with van der Waals surface area (Å²) in [4.78, 5) is 0. The second kappa shape index (κ2) is 1.50. The molecule has 0 aromatic rings. The number of nitrogens with zero attached hydrogens (tertiary/aromatic N) is 1. The average molecular weight is 123 g/mol. The Labute approximate surface area is 56.7 Å². The minimum atomic E-state index is 0.0347. The standard InChI is InChI=1S/C8H13N/c1-7(2,3)8(6-9)4-5-8/h4-5H2,1-3H3. The fraction of sp³-hybridized carbons (Fsp3) is 0.875. The molecule has 1 heteroatoms. The van der Waals surface area contributed by atoms with Gasteiger partial charge in [0.05, 0.1) is 11.5 Å². The first-order valence-electron chi connectivity index (χ1n) is 3.43. The lowest BCUT2D eigenvalue weighted by molar-refractivity contribution is 0.279. The highest BCUT2D eigenvalue weighted by Crippen LogP contribution is 2.57. The summed E-state index contributed by atoms with van der Waals surface area (Å²) in [6.45, 7) is 6.43. The van der Waals surface area contributed by atoms with Crippen LogP contribution >= 0.6 is 0 Å². The van der Waals surface area contributed by atoms with Crippen LogP contribution in [0.1, 0.15) is 33.6 Å². The lowest BCUT2D eigenvalue weighted by Gasteiger charge is -2.23. The number of hydrogen-bond donors (Lipinski definition) is 0. The number of rotatable bonds is 0. The Bertz CT molecular complexity index is 152. The van der Waals surface area contributed by atoms with E-state index in [4.69, 9.17) is 5.26 Å². The molecule has 0 saturated heterocycles. The summed E-state index contributed by atoms with van der Waals surface area (Å²) in [6, 6.07) is 2.39. The van der Waals surface area contributed by atoms with Gasteiger partial charge in [-0.25, -0.2) is 0 Å². The fourth-order valence-electron chi connectivity index (χ4n) is 1.15. The zero-order valence-corrected chi connectivity index (χ0v) is 6.36. The normalized spacial score (nSPS) is 22.9. The Kier molecular flexibility index (Phi) is 1.10. The van der Waals surface area contributed by atoms with E-state index in [1.807, 2.05) is 0 Å². The topological polar surface area (TPSA) is 23.8 Å². The molecule has 1 nitrogen and oxygen atoms in total. The number of nitriles is 1. The van der Waals surface area contributed by atoms with Crippen LogP contribution in [0.15, 0.2) is 0 Å². The zero-order chi connectivity index (χ0) is 7.12. The highest BCUT2D eigenvalue weighted by atomic mass is 14.6. The Morgan fingerprint density at radius 3 is 1.78 bits per heavy atom. The van der Waals surface area contributed by atoms with E-state index < -0.39 is 0 Å². The molecule has 9 heavy (non-hydrogen) atoms.